The Hall–Kier alpha value is -1.26. The molecular formula is C16H32N2O3. The van der Waals surface area contributed by atoms with Crippen LogP contribution in [-0.2, 0) is 4.79 Å². The highest BCUT2D eigenvalue weighted by atomic mass is 16.4. The molecule has 0 unspecified atom stereocenters. The minimum atomic E-state index is -0.993. The van der Waals surface area contributed by atoms with Crippen molar-refractivity contribution in [2.75, 3.05) is 6.54 Å². The van der Waals surface area contributed by atoms with E-state index in [1.54, 1.807) is 13.8 Å². The zero-order valence-electron chi connectivity index (χ0n) is 13.8. The van der Waals surface area contributed by atoms with E-state index in [1.807, 2.05) is 0 Å². The molecule has 0 heterocycles. The van der Waals surface area contributed by atoms with Crippen LogP contribution in [0.4, 0.5) is 4.79 Å². The molecule has 0 rings (SSSR count). The molecule has 5 heteroatoms. The number of urea groups is 1. The number of carboxylic acids is 1. The van der Waals surface area contributed by atoms with Crippen LogP contribution < -0.4 is 10.6 Å². The number of nitrogens with one attached hydrogen (secondary N) is 2. The van der Waals surface area contributed by atoms with E-state index in [4.69, 9.17) is 5.11 Å². The third-order valence-electron chi connectivity index (χ3n) is 3.54. The van der Waals surface area contributed by atoms with Gasteiger partial charge in [-0.2, -0.15) is 0 Å². The van der Waals surface area contributed by atoms with Crippen molar-refractivity contribution < 1.29 is 14.7 Å². The SMILES string of the molecule is CCCCCCCCCCNC(=O)N[C@@H](C(=O)O)C(C)C. The van der Waals surface area contributed by atoms with E-state index in [0.29, 0.717) is 6.54 Å². The Morgan fingerprint density at radius 2 is 1.48 bits per heavy atom. The standard InChI is InChI=1S/C16H32N2O3/c1-4-5-6-7-8-9-10-11-12-17-16(21)18-14(13(2)3)15(19)20/h13-14H,4-12H2,1-3H3,(H,19,20)(H2,17,18,21)/t14-/m1/s1. The van der Waals surface area contributed by atoms with Gasteiger partial charge < -0.3 is 15.7 Å². The van der Waals surface area contributed by atoms with Gasteiger partial charge in [0, 0.05) is 6.54 Å². The number of carbonyl (C=O) groups excluding carboxylic acids is 1. The number of carboxylic acid groups (broad SMARTS) is 1. The molecule has 0 aliphatic heterocycles. The second kappa shape index (κ2) is 12.5. The molecule has 0 saturated carbocycles. The Balaban J connectivity index is 3.55. The highest BCUT2D eigenvalue weighted by molar-refractivity contribution is 5.82. The minimum absolute atomic E-state index is 0.128. The smallest absolute Gasteiger partial charge is 0.326 e. The van der Waals surface area contributed by atoms with Gasteiger partial charge in [-0.05, 0) is 12.3 Å². The lowest BCUT2D eigenvalue weighted by molar-refractivity contribution is -0.140. The van der Waals surface area contributed by atoms with Gasteiger partial charge >= 0.3 is 12.0 Å². The first-order valence-electron chi connectivity index (χ1n) is 8.26. The van der Waals surface area contributed by atoms with E-state index in [0.717, 1.165) is 12.8 Å². The van der Waals surface area contributed by atoms with Crippen molar-refractivity contribution in [3.05, 3.63) is 0 Å². The van der Waals surface area contributed by atoms with Gasteiger partial charge in [-0.15, -0.1) is 0 Å². The molecule has 0 fully saturated rings. The van der Waals surface area contributed by atoms with Crippen LogP contribution >= 0.6 is 0 Å². The molecule has 1 atom stereocenters. The minimum Gasteiger partial charge on any atom is -0.480 e. The third-order valence-corrected chi connectivity index (χ3v) is 3.54. The number of aliphatic carboxylic acids is 1. The first kappa shape index (κ1) is 19.7. The Labute approximate surface area is 128 Å². The van der Waals surface area contributed by atoms with Crippen LogP contribution in [0.25, 0.3) is 0 Å². The Bertz CT molecular complexity index is 293. The van der Waals surface area contributed by atoms with Crippen molar-refractivity contribution >= 4 is 12.0 Å². The molecule has 3 N–H and O–H groups in total. The second-order valence-corrected chi connectivity index (χ2v) is 5.94. The van der Waals surface area contributed by atoms with Crippen molar-refractivity contribution in [3.8, 4) is 0 Å². The van der Waals surface area contributed by atoms with Crippen molar-refractivity contribution in [1.29, 1.82) is 0 Å². The first-order chi connectivity index (χ1) is 9.99. The molecule has 0 aromatic heterocycles. The van der Waals surface area contributed by atoms with E-state index in [1.165, 1.54) is 38.5 Å². The molecule has 21 heavy (non-hydrogen) atoms. The summed E-state index contributed by atoms with van der Waals surface area (Å²) in [5.74, 6) is -1.12. The van der Waals surface area contributed by atoms with Crippen LogP contribution in [-0.4, -0.2) is 29.7 Å². The van der Waals surface area contributed by atoms with E-state index in [9.17, 15) is 9.59 Å². The zero-order chi connectivity index (χ0) is 16.1. The number of hydrogen-bond acceptors (Lipinski definition) is 2. The van der Waals surface area contributed by atoms with Gasteiger partial charge in [0.05, 0.1) is 0 Å². The molecule has 0 radical (unpaired) electrons. The van der Waals surface area contributed by atoms with Gasteiger partial charge in [0.1, 0.15) is 6.04 Å². The van der Waals surface area contributed by atoms with Crippen molar-refractivity contribution in [2.24, 2.45) is 5.92 Å². The van der Waals surface area contributed by atoms with Crippen LogP contribution in [0.5, 0.6) is 0 Å². The van der Waals surface area contributed by atoms with E-state index >= 15 is 0 Å². The third kappa shape index (κ3) is 11.1. The molecule has 0 aliphatic carbocycles. The molecule has 0 aromatic carbocycles. The summed E-state index contributed by atoms with van der Waals surface area (Å²) in [6.07, 6.45) is 9.74. The van der Waals surface area contributed by atoms with Gasteiger partial charge in [0.2, 0.25) is 0 Å². The molecule has 0 spiro atoms. The lowest BCUT2D eigenvalue weighted by Gasteiger charge is -2.18. The highest BCUT2D eigenvalue weighted by Gasteiger charge is 2.22. The summed E-state index contributed by atoms with van der Waals surface area (Å²) < 4.78 is 0. The van der Waals surface area contributed by atoms with Crippen LogP contribution in [0.15, 0.2) is 0 Å². The molecule has 124 valence electrons. The van der Waals surface area contributed by atoms with Crippen LogP contribution in [0.3, 0.4) is 0 Å². The molecule has 0 saturated heterocycles. The Morgan fingerprint density at radius 3 is 1.95 bits per heavy atom. The highest BCUT2D eigenvalue weighted by Crippen LogP contribution is 2.07. The van der Waals surface area contributed by atoms with Gasteiger partial charge in [0.15, 0.2) is 0 Å². The molecule has 0 aliphatic rings. The average Bonchev–Trinajstić information content (AvgIpc) is 2.42. The quantitative estimate of drug-likeness (QED) is 0.482. The molecular weight excluding hydrogens is 268 g/mol. The maximum Gasteiger partial charge on any atom is 0.326 e. The Morgan fingerprint density at radius 1 is 0.952 bits per heavy atom. The van der Waals surface area contributed by atoms with E-state index in [2.05, 4.69) is 17.6 Å². The van der Waals surface area contributed by atoms with Gasteiger partial charge in [0.25, 0.3) is 0 Å². The van der Waals surface area contributed by atoms with Crippen molar-refractivity contribution in [1.82, 2.24) is 10.6 Å². The van der Waals surface area contributed by atoms with Crippen molar-refractivity contribution in [3.63, 3.8) is 0 Å². The predicted octanol–water partition coefficient (Wildman–Crippen LogP) is 3.54. The predicted molar refractivity (Wildman–Crippen MR) is 85.4 cm³/mol. The number of rotatable bonds is 12. The van der Waals surface area contributed by atoms with Crippen molar-refractivity contribution in [2.45, 2.75) is 78.2 Å². The molecule has 0 aromatic rings. The fourth-order valence-electron chi connectivity index (χ4n) is 2.17. The number of unbranched alkanes of at least 4 members (excludes halogenated alkanes) is 7. The van der Waals surface area contributed by atoms with Gasteiger partial charge in [-0.1, -0.05) is 65.7 Å². The topological polar surface area (TPSA) is 78.4 Å². The molecule has 0 bridgehead atoms. The fraction of sp³-hybridized carbons (Fsp3) is 0.875. The Kier molecular flexibility index (Phi) is 11.7. The largest absolute Gasteiger partial charge is 0.480 e. The molecule has 2 amide bonds. The monoisotopic (exact) mass is 300 g/mol. The number of carbonyl (C=O) groups is 2. The van der Waals surface area contributed by atoms with E-state index in [-0.39, 0.29) is 11.9 Å². The van der Waals surface area contributed by atoms with Crippen LogP contribution in [0, 0.1) is 5.92 Å². The second-order valence-electron chi connectivity index (χ2n) is 5.94. The van der Waals surface area contributed by atoms with Crippen LogP contribution in [0.1, 0.15) is 72.1 Å². The van der Waals surface area contributed by atoms with Gasteiger partial charge in [-0.3, -0.25) is 0 Å². The summed E-state index contributed by atoms with van der Waals surface area (Å²) in [4.78, 5) is 22.5. The summed E-state index contributed by atoms with van der Waals surface area (Å²) in [7, 11) is 0. The lowest BCUT2D eigenvalue weighted by atomic mass is 10.1. The van der Waals surface area contributed by atoms with E-state index < -0.39 is 12.0 Å². The first-order valence-corrected chi connectivity index (χ1v) is 8.26. The lowest BCUT2D eigenvalue weighted by Crippen LogP contribution is -2.48. The maximum atomic E-state index is 11.6. The summed E-state index contributed by atoms with van der Waals surface area (Å²) in [6, 6.07) is -1.22. The number of hydrogen-bond donors (Lipinski definition) is 3. The zero-order valence-corrected chi connectivity index (χ0v) is 13.8. The van der Waals surface area contributed by atoms with Crippen LogP contribution in [0.2, 0.25) is 0 Å². The summed E-state index contributed by atoms with van der Waals surface area (Å²) in [5.41, 5.74) is 0. The summed E-state index contributed by atoms with van der Waals surface area (Å²) in [6.45, 7) is 6.37. The summed E-state index contributed by atoms with van der Waals surface area (Å²) in [5, 5.41) is 14.2. The number of amides is 2. The average molecular weight is 300 g/mol. The maximum absolute atomic E-state index is 11.6. The molecule has 5 nitrogen and oxygen atoms in total. The van der Waals surface area contributed by atoms with Gasteiger partial charge in [-0.25, -0.2) is 9.59 Å². The summed E-state index contributed by atoms with van der Waals surface area (Å²) >= 11 is 0. The normalized spacial score (nSPS) is 12.2. The fourth-order valence-corrected chi connectivity index (χ4v) is 2.17.